The summed E-state index contributed by atoms with van der Waals surface area (Å²) < 4.78 is 35.8. The van der Waals surface area contributed by atoms with Crippen LogP contribution in [0.1, 0.15) is 50.4 Å². The van der Waals surface area contributed by atoms with Crippen LogP contribution in [0.2, 0.25) is 0 Å². The SMILES string of the molecule is O=S(=O)(N[C@@H]1CCCn2ncnc21)c1ccc(OC2CCCC2)cc1. The van der Waals surface area contributed by atoms with E-state index in [1.54, 1.807) is 28.9 Å². The van der Waals surface area contributed by atoms with Gasteiger partial charge in [0.05, 0.1) is 17.0 Å². The predicted octanol–water partition coefficient (Wildman–Crippen LogP) is 2.41. The monoisotopic (exact) mass is 362 g/mol. The zero-order valence-electron chi connectivity index (χ0n) is 14.0. The maximum atomic E-state index is 12.7. The summed E-state index contributed by atoms with van der Waals surface area (Å²) in [5.74, 6) is 1.40. The van der Waals surface area contributed by atoms with Gasteiger partial charge in [-0.15, -0.1) is 0 Å². The average Bonchev–Trinajstić information content (AvgIpc) is 3.27. The van der Waals surface area contributed by atoms with E-state index >= 15 is 0 Å². The molecule has 1 fully saturated rings. The van der Waals surface area contributed by atoms with Crippen LogP contribution in [0.4, 0.5) is 0 Å². The van der Waals surface area contributed by atoms with E-state index < -0.39 is 10.0 Å². The van der Waals surface area contributed by atoms with Crippen LogP contribution < -0.4 is 9.46 Å². The van der Waals surface area contributed by atoms with Crippen molar-refractivity contribution in [2.45, 2.75) is 62.1 Å². The third kappa shape index (κ3) is 3.55. The maximum Gasteiger partial charge on any atom is 0.241 e. The number of rotatable bonds is 5. The Bertz CT molecular complexity index is 826. The Morgan fingerprint density at radius 1 is 1.08 bits per heavy atom. The fraction of sp³-hybridized carbons (Fsp3) is 0.529. The van der Waals surface area contributed by atoms with Crippen LogP contribution in [0, 0.1) is 0 Å². The molecule has 1 saturated carbocycles. The molecular weight excluding hydrogens is 340 g/mol. The highest BCUT2D eigenvalue weighted by Gasteiger charge is 2.27. The molecule has 1 aromatic heterocycles. The van der Waals surface area contributed by atoms with Crippen molar-refractivity contribution in [2.24, 2.45) is 0 Å². The molecule has 2 aromatic rings. The molecule has 2 heterocycles. The van der Waals surface area contributed by atoms with E-state index in [0.29, 0.717) is 5.82 Å². The molecule has 1 atom stereocenters. The molecule has 8 heteroatoms. The fourth-order valence-electron chi connectivity index (χ4n) is 3.55. The Kier molecular flexibility index (Phi) is 4.47. The van der Waals surface area contributed by atoms with Crippen molar-refractivity contribution >= 4 is 10.0 Å². The summed E-state index contributed by atoms with van der Waals surface area (Å²) in [5, 5.41) is 4.12. The molecule has 0 bridgehead atoms. The molecular formula is C17H22N4O3S. The number of fused-ring (bicyclic) bond motifs is 1. The number of aryl methyl sites for hydroxylation is 1. The van der Waals surface area contributed by atoms with Crippen LogP contribution in [0.3, 0.4) is 0 Å². The lowest BCUT2D eigenvalue weighted by atomic mass is 10.1. The lowest BCUT2D eigenvalue weighted by Crippen LogP contribution is -2.33. The van der Waals surface area contributed by atoms with Gasteiger partial charge in [0.15, 0.2) is 0 Å². The molecule has 7 nitrogen and oxygen atoms in total. The first-order chi connectivity index (χ1) is 12.1. The van der Waals surface area contributed by atoms with Crippen molar-refractivity contribution in [2.75, 3.05) is 0 Å². The minimum Gasteiger partial charge on any atom is -0.490 e. The fourth-order valence-corrected chi connectivity index (χ4v) is 4.78. The van der Waals surface area contributed by atoms with E-state index in [0.717, 1.165) is 38.0 Å². The molecule has 1 aromatic carbocycles. The van der Waals surface area contributed by atoms with Gasteiger partial charge in [-0.1, -0.05) is 0 Å². The Morgan fingerprint density at radius 2 is 1.84 bits per heavy atom. The first kappa shape index (κ1) is 16.5. The minimum absolute atomic E-state index is 0.239. The lowest BCUT2D eigenvalue weighted by molar-refractivity contribution is 0.210. The van der Waals surface area contributed by atoms with Gasteiger partial charge < -0.3 is 4.74 Å². The van der Waals surface area contributed by atoms with Crippen molar-refractivity contribution in [3.05, 3.63) is 36.4 Å². The number of hydrogen-bond acceptors (Lipinski definition) is 5. The zero-order valence-corrected chi connectivity index (χ0v) is 14.8. The highest BCUT2D eigenvalue weighted by atomic mass is 32.2. The van der Waals surface area contributed by atoms with Gasteiger partial charge in [-0.25, -0.2) is 22.8 Å². The van der Waals surface area contributed by atoms with Gasteiger partial charge in [0.2, 0.25) is 10.0 Å². The Morgan fingerprint density at radius 3 is 2.60 bits per heavy atom. The predicted molar refractivity (Wildman–Crippen MR) is 91.6 cm³/mol. The molecule has 1 aliphatic heterocycles. The smallest absolute Gasteiger partial charge is 0.241 e. The minimum atomic E-state index is -3.61. The first-order valence-corrected chi connectivity index (χ1v) is 10.3. The number of ether oxygens (including phenoxy) is 1. The van der Waals surface area contributed by atoms with Crippen LogP contribution >= 0.6 is 0 Å². The van der Waals surface area contributed by atoms with Gasteiger partial charge in [0.25, 0.3) is 0 Å². The molecule has 0 unspecified atom stereocenters. The van der Waals surface area contributed by atoms with Gasteiger partial charge in [0.1, 0.15) is 17.9 Å². The number of nitrogens with one attached hydrogen (secondary N) is 1. The molecule has 0 spiro atoms. The van der Waals surface area contributed by atoms with Gasteiger partial charge in [-0.05, 0) is 62.8 Å². The molecule has 0 radical (unpaired) electrons. The summed E-state index contributed by atoms with van der Waals surface area (Å²) in [5.41, 5.74) is 0. The summed E-state index contributed by atoms with van der Waals surface area (Å²) in [6.45, 7) is 0.779. The molecule has 2 aliphatic rings. The number of nitrogens with zero attached hydrogens (tertiary/aromatic N) is 3. The Balaban J connectivity index is 1.47. The van der Waals surface area contributed by atoms with E-state index in [9.17, 15) is 8.42 Å². The highest BCUT2D eigenvalue weighted by Crippen LogP contribution is 2.27. The number of benzene rings is 1. The highest BCUT2D eigenvalue weighted by molar-refractivity contribution is 7.89. The van der Waals surface area contributed by atoms with Crippen LogP contribution in [0.15, 0.2) is 35.5 Å². The standard InChI is InChI=1S/C17H22N4O3S/c22-25(23,20-16-6-3-11-21-17(16)18-12-19-21)15-9-7-14(8-10-15)24-13-4-1-2-5-13/h7-10,12-13,16,20H,1-6,11H2/t16-/m1/s1. The number of aromatic nitrogens is 3. The molecule has 25 heavy (non-hydrogen) atoms. The first-order valence-electron chi connectivity index (χ1n) is 8.78. The number of sulfonamides is 1. The molecule has 1 N–H and O–H groups in total. The second-order valence-corrected chi connectivity index (χ2v) is 8.37. The summed E-state index contributed by atoms with van der Waals surface area (Å²) in [6.07, 6.45) is 7.87. The van der Waals surface area contributed by atoms with Crippen molar-refractivity contribution in [3.63, 3.8) is 0 Å². The second-order valence-electron chi connectivity index (χ2n) is 6.65. The second kappa shape index (κ2) is 6.76. The zero-order chi connectivity index (χ0) is 17.3. The lowest BCUT2D eigenvalue weighted by Gasteiger charge is -2.23. The van der Waals surface area contributed by atoms with Gasteiger partial charge in [-0.2, -0.15) is 5.10 Å². The van der Waals surface area contributed by atoms with Gasteiger partial charge in [0, 0.05) is 6.54 Å². The summed E-state index contributed by atoms with van der Waals surface area (Å²) in [7, 11) is -3.61. The van der Waals surface area contributed by atoms with E-state index in [-0.39, 0.29) is 17.0 Å². The largest absolute Gasteiger partial charge is 0.490 e. The van der Waals surface area contributed by atoms with Crippen molar-refractivity contribution in [1.29, 1.82) is 0 Å². The van der Waals surface area contributed by atoms with E-state index in [1.165, 1.54) is 19.2 Å². The topological polar surface area (TPSA) is 86.1 Å². The summed E-state index contributed by atoms with van der Waals surface area (Å²) in [6, 6.07) is 6.32. The van der Waals surface area contributed by atoms with Crippen LogP contribution in [-0.4, -0.2) is 29.3 Å². The maximum absolute atomic E-state index is 12.7. The van der Waals surface area contributed by atoms with Crippen LogP contribution in [0.25, 0.3) is 0 Å². The Labute approximate surface area is 147 Å². The molecule has 0 saturated heterocycles. The van der Waals surface area contributed by atoms with Crippen molar-refractivity contribution < 1.29 is 13.2 Å². The average molecular weight is 362 g/mol. The molecule has 134 valence electrons. The molecule has 0 amide bonds. The molecule has 1 aliphatic carbocycles. The number of hydrogen-bond donors (Lipinski definition) is 1. The summed E-state index contributed by atoms with van der Waals surface area (Å²) >= 11 is 0. The third-order valence-electron chi connectivity index (χ3n) is 4.86. The molecule has 4 rings (SSSR count). The van der Waals surface area contributed by atoms with Crippen molar-refractivity contribution in [3.8, 4) is 5.75 Å². The van der Waals surface area contributed by atoms with E-state index in [2.05, 4.69) is 14.8 Å². The van der Waals surface area contributed by atoms with E-state index in [4.69, 9.17) is 4.74 Å². The van der Waals surface area contributed by atoms with Crippen molar-refractivity contribution in [1.82, 2.24) is 19.5 Å². The normalized spacial score (nSPS) is 21.2. The van der Waals surface area contributed by atoms with E-state index in [1.807, 2.05) is 0 Å². The van der Waals surface area contributed by atoms with Crippen LogP contribution in [0.5, 0.6) is 5.75 Å². The van der Waals surface area contributed by atoms with Gasteiger partial charge in [-0.3, -0.25) is 0 Å². The quantitative estimate of drug-likeness (QED) is 0.883. The van der Waals surface area contributed by atoms with Crippen LogP contribution in [-0.2, 0) is 16.6 Å². The Hall–Kier alpha value is -1.93. The van der Waals surface area contributed by atoms with Gasteiger partial charge >= 0.3 is 0 Å². The third-order valence-corrected chi connectivity index (χ3v) is 6.34. The summed E-state index contributed by atoms with van der Waals surface area (Å²) in [4.78, 5) is 4.43.